The second kappa shape index (κ2) is 7.21. The van der Waals surface area contributed by atoms with Crippen molar-refractivity contribution in [3.8, 4) is 0 Å². The molecule has 140 valence electrons. The number of urea groups is 1. The number of halogens is 2. The number of rotatable bonds is 4. The Balaban J connectivity index is 1.75. The van der Waals surface area contributed by atoms with E-state index in [2.05, 4.69) is 10.6 Å². The Hall–Kier alpha value is -2.57. The second-order valence-electron chi connectivity index (χ2n) is 6.48. The van der Waals surface area contributed by atoms with Crippen LogP contribution in [-0.4, -0.2) is 29.3 Å². The summed E-state index contributed by atoms with van der Waals surface area (Å²) in [5.41, 5.74) is 0.813. The zero-order valence-electron chi connectivity index (χ0n) is 14.7. The molecule has 1 aliphatic rings. The number of nitrogens with zero attached hydrogens (tertiary/aromatic N) is 1. The maximum atomic E-state index is 12.8. The Morgan fingerprint density at radius 3 is 2.44 bits per heavy atom. The van der Waals surface area contributed by atoms with Gasteiger partial charge in [0.05, 0.1) is 10.7 Å². The summed E-state index contributed by atoms with van der Waals surface area (Å²) in [5, 5.41) is 5.94. The van der Waals surface area contributed by atoms with Gasteiger partial charge < -0.3 is 10.6 Å². The minimum absolute atomic E-state index is 0.262. The number of hydrogen-bond donors (Lipinski definition) is 2. The number of aryl methyl sites for hydroxylation is 1. The van der Waals surface area contributed by atoms with Crippen LogP contribution in [0.3, 0.4) is 0 Å². The van der Waals surface area contributed by atoms with Crippen molar-refractivity contribution >= 4 is 46.7 Å². The molecular formula is C19H17Cl2N3O3. The van der Waals surface area contributed by atoms with Crippen molar-refractivity contribution in [2.24, 2.45) is 0 Å². The summed E-state index contributed by atoms with van der Waals surface area (Å²) in [4.78, 5) is 38.4. The molecule has 1 unspecified atom stereocenters. The maximum absolute atomic E-state index is 12.8. The van der Waals surface area contributed by atoms with E-state index in [4.69, 9.17) is 23.2 Å². The van der Waals surface area contributed by atoms with Crippen LogP contribution in [0.2, 0.25) is 10.0 Å². The molecule has 1 aliphatic heterocycles. The quantitative estimate of drug-likeness (QED) is 0.760. The van der Waals surface area contributed by atoms with Crippen LogP contribution in [-0.2, 0) is 15.1 Å². The number of carbonyl (C=O) groups excluding carboxylic acids is 3. The Bertz CT molecular complexity index is 930. The number of carbonyl (C=O) groups is 3. The van der Waals surface area contributed by atoms with Crippen molar-refractivity contribution in [1.82, 2.24) is 10.2 Å². The minimum atomic E-state index is -1.22. The van der Waals surface area contributed by atoms with Crippen LogP contribution >= 0.6 is 23.2 Å². The van der Waals surface area contributed by atoms with Gasteiger partial charge in [-0.15, -0.1) is 0 Å². The zero-order valence-corrected chi connectivity index (χ0v) is 16.2. The molecule has 2 aromatic carbocycles. The molecule has 0 radical (unpaired) electrons. The molecule has 0 aromatic heterocycles. The molecule has 0 bridgehead atoms. The monoisotopic (exact) mass is 405 g/mol. The van der Waals surface area contributed by atoms with Crippen molar-refractivity contribution in [3.05, 3.63) is 63.6 Å². The number of imide groups is 1. The molecule has 1 atom stereocenters. The maximum Gasteiger partial charge on any atom is 0.325 e. The lowest BCUT2D eigenvalue weighted by atomic mass is 9.91. The average molecular weight is 406 g/mol. The van der Waals surface area contributed by atoms with Crippen molar-refractivity contribution in [2.75, 3.05) is 11.9 Å². The summed E-state index contributed by atoms with van der Waals surface area (Å²) in [5.74, 6) is -1.04. The second-order valence-corrected chi connectivity index (χ2v) is 7.33. The molecule has 1 fully saturated rings. The predicted octanol–water partition coefficient (Wildman–Crippen LogP) is 3.71. The summed E-state index contributed by atoms with van der Waals surface area (Å²) in [6, 6.07) is 11.3. The highest BCUT2D eigenvalue weighted by atomic mass is 35.5. The Labute approximate surface area is 166 Å². The molecule has 4 amide bonds. The fourth-order valence-corrected chi connectivity index (χ4v) is 3.30. The van der Waals surface area contributed by atoms with E-state index in [0.717, 1.165) is 10.5 Å². The summed E-state index contributed by atoms with van der Waals surface area (Å²) >= 11 is 11.9. The van der Waals surface area contributed by atoms with Crippen molar-refractivity contribution in [3.63, 3.8) is 0 Å². The molecular weight excluding hydrogens is 389 g/mol. The summed E-state index contributed by atoms with van der Waals surface area (Å²) in [7, 11) is 0. The van der Waals surface area contributed by atoms with E-state index in [1.165, 1.54) is 6.07 Å². The Kier molecular flexibility index (Phi) is 5.13. The van der Waals surface area contributed by atoms with Crippen LogP contribution in [0.25, 0.3) is 0 Å². The predicted molar refractivity (Wildman–Crippen MR) is 104 cm³/mol. The van der Waals surface area contributed by atoms with E-state index in [0.29, 0.717) is 16.3 Å². The highest BCUT2D eigenvalue weighted by Gasteiger charge is 2.49. The molecule has 0 aliphatic carbocycles. The van der Waals surface area contributed by atoms with Crippen molar-refractivity contribution in [2.45, 2.75) is 19.4 Å². The SMILES string of the molecule is Cc1ccc(C2(C)NC(=O)N(CC(=O)Nc3ccc(Cl)cc3Cl)C2=O)cc1. The largest absolute Gasteiger partial charge is 0.325 e. The average Bonchev–Trinajstić information content (AvgIpc) is 2.82. The van der Waals surface area contributed by atoms with Crippen LogP contribution in [0.5, 0.6) is 0 Å². The van der Waals surface area contributed by atoms with Gasteiger partial charge in [-0.1, -0.05) is 53.0 Å². The number of benzene rings is 2. The Morgan fingerprint density at radius 1 is 1.15 bits per heavy atom. The number of amides is 4. The molecule has 1 heterocycles. The Morgan fingerprint density at radius 2 is 1.81 bits per heavy atom. The molecule has 1 saturated heterocycles. The first kappa shape index (κ1) is 19.2. The van der Waals surface area contributed by atoms with Gasteiger partial charge in [-0.3, -0.25) is 14.5 Å². The molecule has 0 spiro atoms. The normalized spacial score (nSPS) is 19.2. The van der Waals surface area contributed by atoms with Gasteiger partial charge in [0.25, 0.3) is 5.91 Å². The van der Waals surface area contributed by atoms with Crippen LogP contribution in [0.15, 0.2) is 42.5 Å². The van der Waals surface area contributed by atoms with E-state index in [1.807, 2.05) is 19.1 Å². The zero-order chi connectivity index (χ0) is 19.8. The van der Waals surface area contributed by atoms with Gasteiger partial charge in [0, 0.05) is 5.02 Å². The van der Waals surface area contributed by atoms with E-state index in [-0.39, 0.29) is 5.02 Å². The third kappa shape index (κ3) is 3.77. The number of anilines is 1. The lowest BCUT2D eigenvalue weighted by molar-refractivity contribution is -0.133. The number of nitrogens with one attached hydrogen (secondary N) is 2. The van der Waals surface area contributed by atoms with E-state index in [9.17, 15) is 14.4 Å². The van der Waals surface area contributed by atoms with Gasteiger partial charge in [-0.05, 0) is 37.6 Å². The first-order valence-corrected chi connectivity index (χ1v) is 8.92. The van der Waals surface area contributed by atoms with Crippen LogP contribution < -0.4 is 10.6 Å². The van der Waals surface area contributed by atoms with Gasteiger partial charge in [-0.2, -0.15) is 0 Å². The van der Waals surface area contributed by atoms with Crippen LogP contribution in [0.1, 0.15) is 18.1 Å². The highest BCUT2D eigenvalue weighted by Crippen LogP contribution is 2.29. The van der Waals surface area contributed by atoms with E-state index >= 15 is 0 Å². The highest BCUT2D eigenvalue weighted by molar-refractivity contribution is 6.36. The molecule has 8 heteroatoms. The minimum Gasteiger partial charge on any atom is -0.323 e. The third-order valence-electron chi connectivity index (χ3n) is 4.41. The van der Waals surface area contributed by atoms with Gasteiger partial charge in [0.2, 0.25) is 5.91 Å². The third-order valence-corrected chi connectivity index (χ3v) is 4.96. The molecule has 3 rings (SSSR count). The van der Waals surface area contributed by atoms with Gasteiger partial charge in [-0.25, -0.2) is 4.79 Å². The summed E-state index contributed by atoms with van der Waals surface area (Å²) < 4.78 is 0. The standard InChI is InChI=1S/C19H17Cl2N3O3/c1-11-3-5-12(6-4-11)19(2)17(26)24(18(27)23-19)10-16(25)22-15-8-7-13(20)9-14(15)21/h3-9H,10H2,1-2H3,(H,22,25)(H,23,27). The molecule has 6 nitrogen and oxygen atoms in total. The number of hydrogen-bond acceptors (Lipinski definition) is 3. The lowest BCUT2D eigenvalue weighted by Crippen LogP contribution is -2.42. The molecule has 2 aromatic rings. The van der Waals surface area contributed by atoms with Crippen molar-refractivity contribution < 1.29 is 14.4 Å². The molecule has 0 saturated carbocycles. The first-order chi connectivity index (χ1) is 12.7. The topological polar surface area (TPSA) is 78.5 Å². The fraction of sp³-hybridized carbons (Fsp3) is 0.211. The van der Waals surface area contributed by atoms with Crippen molar-refractivity contribution in [1.29, 1.82) is 0 Å². The lowest BCUT2D eigenvalue weighted by Gasteiger charge is -2.22. The van der Waals surface area contributed by atoms with Gasteiger partial charge in [0.15, 0.2) is 0 Å². The molecule has 2 N–H and O–H groups in total. The van der Waals surface area contributed by atoms with E-state index in [1.54, 1.807) is 31.2 Å². The fourth-order valence-electron chi connectivity index (χ4n) is 2.85. The van der Waals surface area contributed by atoms with Crippen LogP contribution in [0, 0.1) is 6.92 Å². The molecule has 27 heavy (non-hydrogen) atoms. The van der Waals surface area contributed by atoms with Gasteiger partial charge >= 0.3 is 6.03 Å². The van der Waals surface area contributed by atoms with E-state index < -0.39 is 29.9 Å². The van der Waals surface area contributed by atoms with Crippen LogP contribution in [0.4, 0.5) is 10.5 Å². The summed E-state index contributed by atoms with van der Waals surface area (Å²) in [6.45, 7) is 3.12. The van der Waals surface area contributed by atoms with Gasteiger partial charge in [0.1, 0.15) is 12.1 Å². The first-order valence-electron chi connectivity index (χ1n) is 8.17. The smallest absolute Gasteiger partial charge is 0.323 e. The summed E-state index contributed by atoms with van der Waals surface area (Å²) in [6.07, 6.45) is 0.